The predicted molar refractivity (Wildman–Crippen MR) is 42.3 cm³/mol. The van der Waals surface area contributed by atoms with Crippen LogP contribution < -0.4 is 0 Å². The quantitative estimate of drug-likeness (QED) is 0.504. The first-order valence-corrected chi connectivity index (χ1v) is 3.92. The number of hydrogen-bond donors (Lipinski definition) is 0. The number of halogens is 1. The molecule has 0 aromatic heterocycles. The highest BCUT2D eigenvalue weighted by molar-refractivity contribution is 9.09. The highest BCUT2D eigenvalue weighted by atomic mass is 79.9. The van der Waals surface area contributed by atoms with E-state index in [0.29, 0.717) is 5.33 Å². The molecule has 0 aliphatic heterocycles. The second-order valence-electron chi connectivity index (χ2n) is 1.69. The summed E-state index contributed by atoms with van der Waals surface area (Å²) in [4.78, 5) is 0. The first kappa shape index (κ1) is 9.20. The molecular formula is C7H7BrN2. The summed E-state index contributed by atoms with van der Waals surface area (Å²) >= 11 is 3.19. The third-order valence-electron chi connectivity index (χ3n) is 1.15. The van der Waals surface area contributed by atoms with Crippen LogP contribution in [0.15, 0.2) is 11.6 Å². The summed E-state index contributed by atoms with van der Waals surface area (Å²) in [5.41, 5.74) is 0.824. The van der Waals surface area contributed by atoms with Crippen molar-refractivity contribution in [3.8, 4) is 12.1 Å². The molecule has 0 atom stereocenters. The van der Waals surface area contributed by atoms with Crippen molar-refractivity contribution in [2.24, 2.45) is 5.92 Å². The van der Waals surface area contributed by atoms with Crippen LogP contribution in [0.1, 0.15) is 6.92 Å². The van der Waals surface area contributed by atoms with Gasteiger partial charge in [0.05, 0.1) is 12.1 Å². The van der Waals surface area contributed by atoms with E-state index in [4.69, 9.17) is 10.5 Å². The molecule has 0 saturated carbocycles. The van der Waals surface area contributed by atoms with Gasteiger partial charge in [-0.05, 0) is 12.5 Å². The average molecular weight is 199 g/mol. The van der Waals surface area contributed by atoms with E-state index >= 15 is 0 Å². The minimum absolute atomic E-state index is 0.593. The van der Waals surface area contributed by atoms with Crippen LogP contribution in [0.3, 0.4) is 0 Å². The Morgan fingerprint density at radius 3 is 2.20 bits per heavy atom. The van der Waals surface area contributed by atoms with Crippen molar-refractivity contribution >= 4 is 15.9 Å². The molecule has 0 spiro atoms. The van der Waals surface area contributed by atoms with Gasteiger partial charge < -0.3 is 0 Å². The third kappa shape index (κ3) is 2.21. The van der Waals surface area contributed by atoms with Gasteiger partial charge in [0.15, 0.2) is 5.92 Å². The molecule has 0 heterocycles. The number of allylic oxidation sites excluding steroid dienone is 2. The van der Waals surface area contributed by atoms with E-state index in [9.17, 15) is 0 Å². The van der Waals surface area contributed by atoms with Gasteiger partial charge in [0.2, 0.25) is 0 Å². The van der Waals surface area contributed by atoms with Gasteiger partial charge in [0.1, 0.15) is 0 Å². The number of nitrogens with zero attached hydrogens (tertiary/aromatic N) is 2. The predicted octanol–water partition coefficient (Wildman–Crippen LogP) is 1.99. The van der Waals surface area contributed by atoms with E-state index < -0.39 is 5.92 Å². The van der Waals surface area contributed by atoms with Crippen LogP contribution in [-0.4, -0.2) is 5.33 Å². The SMILES string of the molecule is CC=C(CBr)C(C#N)C#N. The zero-order valence-electron chi connectivity index (χ0n) is 5.63. The van der Waals surface area contributed by atoms with Crippen molar-refractivity contribution < 1.29 is 0 Å². The average Bonchev–Trinajstić information content (AvgIpc) is 2.00. The lowest BCUT2D eigenvalue weighted by Gasteiger charge is -1.99. The lowest BCUT2D eigenvalue weighted by molar-refractivity contribution is 0.999. The minimum Gasteiger partial charge on any atom is -0.197 e. The summed E-state index contributed by atoms with van der Waals surface area (Å²) in [6.45, 7) is 1.82. The molecule has 0 aliphatic carbocycles. The molecule has 0 amide bonds. The second kappa shape index (κ2) is 5.02. The molecule has 3 heteroatoms. The van der Waals surface area contributed by atoms with Crippen molar-refractivity contribution in [2.45, 2.75) is 6.92 Å². The fourth-order valence-corrected chi connectivity index (χ4v) is 1.16. The lowest BCUT2D eigenvalue weighted by Crippen LogP contribution is -1.98. The Hall–Kier alpha value is -0.800. The summed E-state index contributed by atoms with van der Waals surface area (Å²) in [7, 11) is 0. The summed E-state index contributed by atoms with van der Waals surface area (Å²) < 4.78 is 0. The van der Waals surface area contributed by atoms with Crippen LogP contribution in [0.2, 0.25) is 0 Å². The van der Waals surface area contributed by atoms with Crippen LogP contribution in [0.4, 0.5) is 0 Å². The first-order chi connectivity index (χ1) is 4.79. The molecule has 0 radical (unpaired) electrons. The van der Waals surface area contributed by atoms with Crippen molar-refractivity contribution in [2.75, 3.05) is 5.33 Å². The second-order valence-corrected chi connectivity index (χ2v) is 2.25. The van der Waals surface area contributed by atoms with Gasteiger partial charge in [-0.3, -0.25) is 0 Å². The van der Waals surface area contributed by atoms with Crippen molar-refractivity contribution in [1.82, 2.24) is 0 Å². The number of hydrogen-bond acceptors (Lipinski definition) is 2. The zero-order valence-corrected chi connectivity index (χ0v) is 7.22. The van der Waals surface area contributed by atoms with Crippen LogP contribution >= 0.6 is 15.9 Å². The summed E-state index contributed by atoms with van der Waals surface area (Å²) in [5.74, 6) is -0.593. The van der Waals surface area contributed by atoms with Gasteiger partial charge in [-0.15, -0.1) is 0 Å². The van der Waals surface area contributed by atoms with E-state index in [1.165, 1.54) is 0 Å². The Balaban J connectivity index is 4.34. The zero-order chi connectivity index (χ0) is 7.98. The molecule has 52 valence electrons. The van der Waals surface area contributed by atoms with Gasteiger partial charge in [-0.2, -0.15) is 10.5 Å². The maximum Gasteiger partial charge on any atom is 0.155 e. The molecule has 0 rings (SSSR count). The highest BCUT2D eigenvalue weighted by Crippen LogP contribution is 2.11. The van der Waals surface area contributed by atoms with Crippen molar-refractivity contribution in [3.63, 3.8) is 0 Å². The molecule has 0 aliphatic rings. The normalized spacial score (nSPS) is 10.7. The first-order valence-electron chi connectivity index (χ1n) is 2.80. The van der Waals surface area contributed by atoms with Crippen LogP contribution in [0, 0.1) is 28.6 Å². The van der Waals surface area contributed by atoms with Crippen LogP contribution in [0.25, 0.3) is 0 Å². The molecule has 0 fully saturated rings. The largest absolute Gasteiger partial charge is 0.197 e. The maximum absolute atomic E-state index is 8.42. The number of alkyl halides is 1. The Morgan fingerprint density at radius 1 is 1.60 bits per heavy atom. The molecule has 0 unspecified atom stereocenters. The number of rotatable bonds is 2. The Labute approximate surface area is 68.9 Å². The smallest absolute Gasteiger partial charge is 0.155 e. The van der Waals surface area contributed by atoms with E-state index in [2.05, 4.69) is 15.9 Å². The highest BCUT2D eigenvalue weighted by Gasteiger charge is 2.08. The fourth-order valence-electron chi connectivity index (χ4n) is 0.516. The molecule has 0 saturated heterocycles. The van der Waals surface area contributed by atoms with Crippen molar-refractivity contribution in [3.05, 3.63) is 11.6 Å². The molecule has 0 N–H and O–H groups in total. The van der Waals surface area contributed by atoms with Crippen molar-refractivity contribution in [1.29, 1.82) is 10.5 Å². The molecular weight excluding hydrogens is 192 g/mol. The summed E-state index contributed by atoms with van der Waals surface area (Å²) in [6, 6.07) is 3.79. The maximum atomic E-state index is 8.42. The summed E-state index contributed by atoms with van der Waals surface area (Å²) in [6.07, 6.45) is 1.78. The van der Waals surface area contributed by atoms with Gasteiger partial charge >= 0.3 is 0 Å². The van der Waals surface area contributed by atoms with E-state index in [1.54, 1.807) is 6.08 Å². The molecule has 0 aromatic carbocycles. The van der Waals surface area contributed by atoms with Crippen LogP contribution in [0.5, 0.6) is 0 Å². The Bertz CT molecular complexity index is 193. The van der Waals surface area contributed by atoms with E-state index in [1.807, 2.05) is 19.1 Å². The lowest BCUT2D eigenvalue weighted by atomic mass is 10.0. The number of nitriles is 2. The molecule has 2 nitrogen and oxygen atoms in total. The van der Waals surface area contributed by atoms with Gasteiger partial charge in [-0.1, -0.05) is 22.0 Å². The third-order valence-corrected chi connectivity index (χ3v) is 1.80. The molecule has 0 bridgehead atoms. The molecule has 0 aromatic rings. The van der Waals surface area contributed by atoms with Gasteiger partial charge in [0, 0.05) is 5.33 Å². The Kier molecular flexibility index (Phi) is 4.62. The van der Waals surface area contributed by atoms with Gasteiger partial charge in [-0.25, -0.2) is 0 Å². The van der Waals surface area contributed by atoms with E-state index in [-0.39, 0.29) is 0 Å². The topological polar surface area (TPSA) is 47.6 Å². The van der Waals surface area contributed by atoms with Gasteiger partial charge in [0.25, 0.3) is 0 Å². The minimum atomic E-state index is -0.593. The summed E-state index contributed by atoms with van der Waals surface area (Å²) in [5, 5.41) is 17.4. The molecule has 10 heavy (non-hydrogen) atoms. The fraction of sp³-hybridized carbons (Fsp3) is 0.429. The monoisotopic (exact) mass is 198 g/mol. The Morgan fingerprint density at radius 2 is 2.10 bits per heavy atom. The van der Waals surface area contributed by atoms with E-state index in [0.717, 1.165) is 5.57 Å². The standard InChI is InChI=1S/C7H7BrN2/c1-2-6(3-8)7(4-9)5-10/h2,7H,3H2,1H3. The van der Waals surface area contributed by atoms with Crippen LogP contribution in [-0.2, 0) is 0 Å².